The van der Waals surface area contributed by atoms with Crippen molar-refractivity contribution in [3.8, 4) is 23.0 Å². The number of benzene rings is 4. The second kappa shape index (κ2) is 9.49. The van der Waals surface area contributed by atoms with Gasteiger partial charge in [0.15, 0.2) is 0 Å². The van der Waals surface area contributed by atoms with Crippen LogP contribution in [0.25, 0.3) is 22.9 Å². The minimum Gasteiger partial charge on any atom is -0.508 e. The van der Waals surface area contributed by atoms with Gasteiger partial charge in [0.2, 0.25) is 0 Å². The Morgan fingerprint density at radius 1 is 0.758 bits per heavy atom. The van der Waals surface area contributed by atoms with E-state index in [-0.39, 0.29) is 17.2 Å². The highest BCUT2D eigenvalue weighted by molar-refractivity contribution is 5.87. The van der Waals surface area contributed by atoms with Crippen molar-refractivity contribution in [1.82, 2.24) is 0 Å². The third-order valence-electron chi connectivity index (χ3n) is 5.42. The highest BCUT2D eigenvalue weighted by Crippen LogP contribution is 2.28. The van der Waals surface area contributed by atoms with Crippen LogP contribution in [0, 0.1) is 0 Å². The first-order valence-corrected chi connectivity index (χ1v) is 10.5. The molecule has 2 N–H and O–H groups in total. The molecule has 0 amide bonds. The first-order valence-electron chi connectivity index (χ1n) is 10.5. The summed E-state index contributed by atoms with van der Waals surface area (Å²) in [6, 6.07) is 23.0. The Balaban J connectivity index is 1.50. The minimum atomic E-state index is -0.491. The highest BCUT2D eigenvalue weighted by Gasteiger charge is 2.18. The second-order valence-electron chi connectivity index (χ2n) is 7.80. The number of hydrogen-bond acceptors (Lipinski definition) is 5. The van der Waals surface area contributed by atoms with E-state index in [1.54, 1.807) is 56.5 Å². The molecule has 0 aromatic heterocycles. The molecule has 4 rings (SSSR count). The van der Waals surface area contributed by atoms with Crippen molar-refractivity contribution in [2.24, 2.45) is 0 Å². The number of carbonyl (C=O) groups excluding carboxylic acids is 1. The van der Waals surface area contributed by atoms with Crippen molar-refractivity contribution >= 4 is 28.9 Å². The summed E-state index contributed by atoms with van der Waals surface area (Å²) in [6.45, 7) is 1.79. The zero-order chi connectivity index (χ0) is 23.4. The van der Waals surface area contributed by atoms with Crippen molar-refractivity contribution < 1.29 is 24.5 Å². The number of fused-ring (bicyclic) bond motifs is 1. The number of ether oxygens (including phenoxy) is 2. The number of aromatic hydroxyl groups is 2. The molecule has 0 fully saturated rings. The lowest BCUT2D eigenvalue weighted by molar-refractivity contribution is -0.135. The number of rotatable bonds is 6. The van der Waals surface area contributed by atoms with Gasteiger partial charge in [0.25, 0.3) is 0 Å². The number of carbonyl (C=O) groups is 1. The van der Waals surface area contributed by atoms with Crippen LogP contribution >= 0.6 is 0 Å². The summed E-state index contributed by atoms with van der Waals surface area (Å²) >= 11 is 0. The predicted molar refractivity (Wildman–Crippen MR) is 130 cm³/mol. The fourth-order valence-electron chi connectivity index (χ4n) is 3.52. The summed E-state index contributed by atoms with van der Waals surface area (Å²) in [6.07, 6.45) is 3.64. The van der Waals surface area contributed by atoms with Crippen LogP contribution in [0.5, 0.6) is 23.0 Å². The molecule has 0 aliphatic carbocycles. The van der Waals surface area contributed by atoms with E-state index in [4.69, 9.17) is 9.47 Å². The average molecular weight is 440 g/mol. The van der Waals surface area contributed by atoms with Crippen LogP contribution < -0.4 is 9.47 Å². The number of phenolic OH excluding ortho intramolecular Hbond substituents is 2. The van der Waals surface area contributed by atoms with Gasteiger partial charge in [0, 0.05) is 6.07 Å². The Bertz CT molecular complexity index is 1320. The number of methoxy groups -OCH3 is 1. The molecule has 0 aliphatic heterocycles. The van der Waals surface area contributed by atoms with Gasteiger partial charge in [-0.2, -0.15) is 0 Å². The Hall–Kier alpha value is -4.25. The van der Waals surface area contributed by atoms with Gasteiger partial charge in [-0.3, -0.25) is 4.79 Å². The van der Waals surface area contributed by atoms with Crippen molar-refractivity contribution in [2.45, 2.75) is 12.8 Å². The number of esters is 1. The van der Waals surface area contributed by atoms with E-state index >= 15 is 0 Å². The first-order chi connectivity index (χ1) is 15.9. The molecular weight excluding hydrogens is 416 g/mol. The molecule has 166 valence electrons. The van der Waals surface area contributed by atoms with E-state index in [0.717, 1.165) is 27.6 Å². The van der Waals surface area contributed by atoms with Crippen molar-refractivity contribution in [3.63, 3.8) is 0 Å². The molecule has 0 unspecified atom stereocenters. The van der Waals surface area contributed by atoms with Crippen LogP contribution in [-0.2, 0) is 4.79 Å². The van der Waals surface area contributed by atoms with Gasteiger partial charge in [0.1, 0.15) is 23.0 Å². The van der Waals surface area contributed by atoms with Crippen molar-refractivity contribution in [1.29, 1.82) is 0 Å². The third kappa shape index (κ3) is 5.33. The normalized spacial score (nSPS) is 12.1. The fraction of sp³-hybridized carbons (Fsp3) is 0.107. The molecule has 4 aromatic carbocycles. The van der Waals surface area contributed by atoms with E-state index in [2.05, 4.69) is 0 Å². The largest absolute Gasteiger partial charge is 0.508 e. The van der Waals surface area contributed by atoms with E-state index in [1.807, 2.05) is 42.5 Å². The summed E-state index contributed by atoms with van der Waals surface area (Å²) in [5.74, 6) is 0.332. The molecule has 0 saturated heterocycles. The van der Waals surface area contributed by atoms with Gasteiger partial charge < -0.3 is 19.7 Å². The Morgan fingerprint density at radius 3 is 2.21 bits per heavy atom. The Labute approximate surface area is 192 Å². The lowest BCUT2D eigenvalue weighted by atomic mass is 9.98. The SMILES string of the molecule is COc1ccc2cc([C@@H](C)C(=O)Oc3cc(O)cc(C=Cc4ccc(O)cc4)c3)ccc2c1. The van der Waals surface area contributed by atoms with Crippen LogP contribution in [0.2, 0.25) is 0 Å². The standard InChI is InChI=1S/C28H24O5/c1-18(21-7-8-23-16-26(32-2)12-9-22(23)15-21)28(31)33-27-14-20(13-25(30)17-27)4-3-19-5-10-24(29)11-6-19/h3-18,29-30H,1-2H3/t18-/m1/s1. The van der Waals surface area contributed by atoms with Gasteiger partial charge in [-0.25, -0.2) is 0 Å². The summed E-state index contributed by atoms with van der Waals surface area (Å²) in [5, 5.41) is 21.5. The van der Waals surface area contributed by atoms with Gasteiger partial charge >= 0.3 is 5.97 Å². The molecule has 33 heavy (non-hydrogen) atoms. The quantitative estimate of drug-likeness (QED) is 0.214. The van der Waals surface area contributed by atoms with E-state index < -0.39 is 11.9 Å². The minimum absolute atomic E-state index is 0.00189. The fourth-order valence-corrected chi connectivity index (χ4v) is 3.52. The molecule has 0 spiro atoms. The van der Waals surface area contributed by atoms with Crippen LogP contribution in [0.1, 0.15) is 29.5 Å². The van der Waals surface area contributed by atoms with Crippen LogP contribution in [0.3, 0.4) is 0 Å². The maximum Gasteiger partial charge on any atom is 0.318 e. The molecule has 0 aliphatic rings. The Kier molecular flexibility index (Phi) is 6.31. The highest BCUT2D eigenvalue weighted by atomic mass is 16.5. The lowest BCUT2D eigenvalue weighted by Gasteiger charge is -2.13. The molecular formula is C28H24O5. The molecule has 0 radical (unpaired) electrons. The third-order valence-corrected chi connectivity index (χ3v) is 5.42. The number of phenols is 2. The molecule has 0 bridgehead atoms. The first kappa shape index (κ1) is 22.0. The lowest BCUT2D eigenvalue weighted by Crippen LogP contribution is -2.16. The summed E-state index contributed by atoms with van der Waals surface area (Å²) in [5.41, 5.74) is 2.40. The van der Waals surface area contributed by atoms with Crippen LogP contribution in [0.15, 0.2) is 78.9 Å². The van der Waals surface area contributed by atoms with E-state index in [0.29, 0.717) is 5.56 Å². The zero-order valence-electron chi connectivity index (χ0n) is 18.4. The Morgan fingerprint density at radius 2 is 1.45 bits per heavy atom. The summed E-state index contributed by atoms with van der Waals surface area (Å²) in [7, 11) is 1.63. The van der Waals surface area contributed by atoms with Crippen molar-refractivity contribution in [3.05, 3.63) is 95.6 Å². The zero-order valence-corrected chi connectivity index (χ0v) is 18.4. The maximum absolute atomic E-state index is 12.8. The van der Waals surface area contributed by atoms with E-state index in [1.165, 1.54) is 6.07 Å². The predicted octanol–water partition coefficient (Wildman–Crippen LogP) is 6.14. The van der Waals surface area contributed by atoms with Crippen LogP contribution in [-0.4, -0.2) is 23.3 Å². The van der Waals surface area contributed by atoms with Crippen molar-refractivity contribution in [2.75, 3.05) is 7.11 Å². The molecule has 1 atom stereocenters. The smallest absolute Gasteiger partial charge is 0.318 e. The maximum atomic E-state index is 12.8. The van der Waals surface area contributed by atoms with Gasteiger partial charge in [0.05, 0.1) is 13.0 Å². The molecule has 0 saturated carbocycles. The number of hydrogen-bond donors (Lipinski definition) is 2. The topological polar surface area (TPSA) is 76.0 Å². The van der Waals surface area contributed by atoms with Gasteiger partial charge in [-0.15, -0.1) is 0 Å². The summed E-state index contributed by atoms with van der Waals surface area (Å²) < 4.78 is 10.8. The second-order valence-corrected chi connectivity index (χ2v) is 7.80. The van der Waals surface area contributed by atoms with Crippen LogP contribution in [0.4, 0.5) is 0 Å². The van der Waals surface area contributed by atoms with Gasteiger partial charge in [-0.05, 0) is 70.8 Å². The van der Waals surface area contributed by atoms with Gasteiger partial charge in [-0.1, -0.05) is 48.6 Å². The molecule has 5 nitrogen and oxygen atoms in total. The monoisotopic (exact) mass is 440 g/mol. The van der Waals surface area contributed by atoms with E-state index in [9.17, 15) is 15.0 Å². The molecule has 0 heterocycles. The summed E-state index contributed by atoms with van der Waals surface area (Å²) in [4.78, 5) is 12.8. The molecule has 5 heteroatoms. The average Bonchev–Trinajstić information content (AvgIpc) is 2.82. The molecule has 4 aromatic rings.